The molecular weight excluding hydrogens is 626 g/mol. The van der Waals surface area contributed by atoms with Crippen molar-refractivity contribution in [3.63, 3.8) is 0 Å². The highest BCUT2D eigenvalue weighted by Crippen LogP contribution is 2.38. The minimum atomic E-state index is -0.553. The van der Waals surface area contributed by atoms with Crippen molar-refractivity contribution in [1.82, 2.24) is 5.32 Å². The fourth-order valence-electron chi connectivity index (χ4n) is 4.34. The Kier molecular flexibility index (Phi) is 11.7. The van der Waals surface area contributed by atoms with Gasteiger partial charge in [0.05, 0.1) is 26.6 Å². The first kappa shape index (κ1) is 34.0. The number of carbonyl (C=O) groups is 3. The molecule has 4 rings (SSSR count). The predicted octanol–water partition coefficient (Wildman–Crippen LogP) is 7.20. The van der Waals surface area contributed by atoms with Crippen LogP contribution in [0.25, 0.3) is 6.08 Å². The molecule has 46 heavy (non-hydrogen) atoms. The lowest BCUT2D eigenvalue weighted by molar-refractivity contribution is -0.115. The highest BCUT2D eigenvalue weighted by atomic mass is 35.5. The molecule has 0 aliphatic carbocycles. The number of halogens is 1. The Morgan fingerprint density at radius 1 is 0.826 bits per heavy atom. The van der Waals surface area contributed by atoms with Gasteiger partial charge in [-0.3, -0.25) is 14.4 Å². The zero-order valence-electron chi connectivity index (χ0n) is 26.0. The van der Waals surface area contributed by atoms with E-state index in [0.717, 1.165) is 10.5 Å². The number of hydrogen-bond acceptors (Lipinski definition) is 7. The summed E-state index contributed by atoms with van der Waals surface area (Å²) in [5.74, 6) is 0.000618. The average Bonchev–Trinajstić information content (AvgIpc) is 3.07. The molecule has 0 fully saturated rings. The fraction of sp³-hybridized carbons (Fsp3) is 0.171. The van der Waals surface area contributed by atoms with Crippen molar-refractivity contribution in [1.29, 1.82) is 0 Å². The van der Waals surface area contributed by atoms with Crippen molar-refractivity contribution >= 4 is 58.5 Å². The SMILES string of the molecule is COc1cc(/C=C(\NC(=O)c2ccccc2)C(=O)Nc2ccc(SC(C)C(=O)Nc3cccc(Cl)c3C)cc2)cc(OC)c1OC. The summed E-state index contributed by atoms with van der Waals surface area (Å²) >= 11 is 7.55. The molecule has 1 unspecified atom stereocenters. The van der Waals surface area contributed by atoms with Gasteiger partial charge >= 0.3 is 0 Å². The van der Waals surface area contributed by atoms with Crippen LogP contribution in [-0.4, -0.2) is 44.3 Å². The molecule has 9 nitrogen and oxygen atoms in total. The van der Waals surface area contributed by atoms with Gasteiger partial charge in [-0.25, -0.2) is 0 Å². The normalized spacial score (nSPS) is 11.7. The van der Waals surface area contributed by atoms with Crippen LogP contribution >= 0.6 is 23.4 Å². The van der Waals surface area contributed by atoms with Crippen LogP contribution in [0.2, 0.25) is 5.02 Å². The summed E-state index contributed by atoms with van der Waals surface area (Å²) in [4.78, 5) is 40.3. The quantitative estimate of drug-likeness (QED) is 0.109. The van der Waals surface area contributed by atoms with Crippen molar-refractivity contribution in [2.75, 3.05) is 32.0 Å². The van der Waals surface area contributed by atoms with Crippen molar-refractivity contribution in [2.45, 2.75) is 24.0 Å². The topological polar surface area (TPSA) is 115 Å². The van der Waals surface area contributed by atoms with Gasteiger partial charge in [-0.2, -0.15) is 0 Å². The number of anilines is 2. The Morgan fingerprint density at radius 2 is 1.48 bits per heavy atom. The number of benzene rings is 4. The first-order valence-corrected chi connectivity index (χ1v) is 15.4. The lowest BCUT2D eigenvalue weighted by Crippen LogP contribution is -2.30. The highest BCUT2D eigenvalue weighted by molar-refractivity contribution is 8.00. The van der Waals surface area contributed by atoms with E-state index in [-0.39, 0.29) is 11.6 Å². The molecule has 1 atom stereocenters. The van der Waals surface area contributed by atoms with Crippen LogP contribution < -0.4 is 30.2 Å². The van der Waals surface area contributed by atoms with E-state index in [1.807, 2.05) is 13.8 Å². The van der Waals surface area contributed by atoms with Crippen molar-refractivity contribution in [3.05, 3.63) is 112 Å². The molecule has 0 bridgehead atoms. The van der Waals surface area contributed by atoms with E-state index in [2.05, 4.69) is 16.0 Å². The monoisotopic (exact) mass is 659 g/mol. The fourth-order valence-corrected chi connectivity index (χ4v) is 5.39. The van der Waals surface area contributed by atoms with Gasteiger partial charge in [0.15, 0.2) is 11.5 Å². The molecule has 0 saturated heterocycles. The smallest absolute Gasteiger partial charge is 0.272 e. The summed E-state index contributed by atoms with van der Waals surface area (Å²) in [6, 6.07) is 24.3. The molecule has 0 saturated carbocycles. The molecular formula is C35H34ClN3O6S. The molecule has 0 aromatic heterocycles. The van der Waals surface area contributed by atoms with Crippen LogP contribution in [0.4, 0.5) is 11.4 Å². The minimum absolute atomic E-state index is 0.0109. The van der Waals surface area contributed by atoms with E-state index in [1.165, 1.54) is 39.2 Å². The van der Waals surface area contributed by atoms with Crippen LogP contribution in [0.1, 0.15) is 28.4 Å². The third-order valence-electron chi connectivity index (χ3n) is 6.85. The van der Waals surface area contributed by atoms with Gasteiger partial charge in [0, 0.05) is 26.9 Å². The Labute approximate surface area is 277 Å². The number of rotatable bonds is 12. The largest absolute Gasteiger partial charge is 0.493 e. The second kappa shape index (κ2) is 15.9. The van der Waals surface area contributed by atoms with E-state index in [4.69, 9.17) is 25.8 Å². The molecule has 238 valence electrons. The van der Waals surface area contributed by atoms with Crippen LogP contribution in [-0.2, 0) is 9.59 Å². The van der Waals surface area contributed by atoms with Crippen LogP contribution in [0.3, 0.4) is 0 Å². The molecule has 0 aliphatic rings. The number of amides is 3. The van der Waals surface area contributed by atoms with Crippen molar-refractivity contribution in [3.8, 4) is 17.2 Å². The lowest BCUT2D eigenvalue weighted by Gasteiger charge is -2.15. The standard InChI is InChI=1S/C35H34ClN3O6S/c1-21-27(36)12-9-13-28(21)38-33(40)22(2)46-26-16-14-25(15-17-26)37-35(42)29(39-34(41)24-10-7-6-8-11-24)18-23-19-30(43-3)32(45-5)31(20-23)44-4/h6-20,22H,1-5H3,(H,37,42)(H,38,40)(H,39,41)/b29-18-. The molecule has 0 radical (unpaired) electrons. The predicted molar refractivity (Wildman–Crippen MR) is 183 cm³/mol. The Bertz CT molecular complexity index is 1720. The first-order valence-electron chi connectivity index (χ1n) is 14.2. The maximum absolute atomic E-state index is 13.5. The molecule has 4 aromatic rings. The van der Waals surface area contributed by atoms with Gasteiger partial charge in [0.25, 0.3) is 11.8 Å². The summed E-state index contributed by atoms with van der Waals surface area (Å²) < 4.78 is 16.3. The maximum atomic E-state index is 13.5. The number of carbonyl (C=O) groups excluding carboxylic acids is 3. The van der Waals surface area contributed by atoms with E-state index in [1.54, 1.807) is 84.9 Å². The summed E-state index contributed by atoms with van der Waals surface area (Å²) in [7, 11) is 4.48. The highest BCUT2D eigenvalue weighted by Gasteiger charge is 2.19. The average molecular weight is 660 g/mol. The number of nitrogens with one attached hydrogen (secondary N) is 3. The molecule has 0 aliphatic heterocycles. The molecule has 0 spiro atoms. The van der Waals surface area contributed by atoms with E-state index >= 15 is 0 Å². The van der Waals surface area contributed by atoms with E-state index in [9.17, 15) is 14.4 Å². The van der Waals surface area contributed by atoms with E-state index in [0.29, 0.717) is 44.8 Å². The summed E-state index contributed by atoms with van der Waals surface area (Å²) in [5, 5.41) is 8.66. The molecule has 11 heteroatoms. The second-order valence-electron chi connectivity index (χ2n) is 9.98. The minimum Gasteiger partial charge on any atom is -0.493 e. The number of ether oxygens (including phenoxy) is 3. The maximum Gasteiger partial charge on any atom is 0.272 e. The summed E-state index contributed by atoms with van der Waals surface area (Å²) in [5.41, 5.74) is 2.86. The van der Waals surface area contributed by atoms with Gasteiger partial charge in [-0.15, -0.1) is 11.8 Å². The second-order valence-corrected chi connectivity index (χ2v) is 11.8. The number of methoxy groups -OCH3 is 3. The Balaban J connectivity index is 1.52. The van der Waals surface area contributed by atoms with Crippen LogP contribution in [0, 0.1) is 6.92 Å². The van der Waals surface area contributed by atoms with E-state index < -0.39 is 17.1 Å². The van der Waals surface area contributed by atoms with Gasteiger partial charge < -0.3 is 30.2 Å². The van der Waals surface area contributed by atoms with Gasteiger partial charge in [-0.1, -0.05) is 35.9 Å². The summed E-state index contributed by atoms with van der Waals surface area (Å²) in [6.45, 7) is 3.66. The number of thioether (sulfide) groups is 1. The van der Waals surface area contributed by atoms with Gasteiger partial charge in [0.2, 0.25) is 11.7 Å². The molecule has 4 aromatic carbocycles. The third kappa shape index (κ3) is 8.62. The first-order chi connectivity index (χ1) is 22.1. The van der Waals surface area contributed by atoms with Crippen molar-refractivity contribution in [2.24, 2.45) is 0 Å². The molecule has 0 heterocycles. The van der Waals surface area contributed by atoms with Crippen molar-refractivity contribution < 1.29 is 28.6 Å². The zero-order chi connectivity index (χ0) is 33.2. The van der Waals surface area contributed by atoms with Gasteiger partial charge in [0.1, 0.15) is 5.70 Å². The van der Waals surface area contributed by atoms with Crippen LogP contribution in [0.5, 0.6) is 17.2 Å². The number of hydrogen-bond donors (Lipinski definition) is 3. The van der Waals surface area contributed by atoms with Crippen LogP contribution in [0.15, 0.2) is 95.5 Å². The zero-order valence-corrected chi connectivity index (χ0v) is 27.5. The lowest BCUT2D eigenvalue weighted by atomic mass is 10.1. The van der Waals surface area contributed by atoms with Gasteiger partial charge in [-0.05, 0) is 91.7 Å². The Hall–Kier alpha value is -4.93. The summed E-state index contributed by atoms with van der Waals surface area (Å²) in [6.07, 6.45) is 1.52. The third-order valence-corrected chi connectivity index (χ3v) is 8.37. The molecule has 3 N–H and O–H groups in total. The Morgan fingerprint density at radius 3 is 2.09 bits per heavy atom. The molecule has 3 amide bonds.